The van der Waals surface area contributed by atoms with Gasteiger partial charge in [0.25, 0.3) is 0 Å². The molecule has 4 atom stereocenters. The molecule has 2 aliphatic rings. The van der Waals surface area contributed by atoms with Gasteiger partial charge in [-0.05, 0) is 62.6 Å². The lowest BCUT2D eigenvalue weighted by Crippen LogP contribution is -2.49. The van der Waals surface area contributed by atoms with E-state index in [4.69, 9.17) is 5.73 Å². The highest BCUT2D eigenvalue weighted by Gasteiger charge is 2.47. The Morgan fingerprint density at radius 3 is 2.57 bits per heavy atom. The molecule has 4 nitrogen and oxygen atoms in total. The third kappa shape index (κ3) is 3.12. The number of carbonyl (C=O) groups is 2. The molecule has 2 fully saturated rings. The molecule has 124 valence electrons. The van der Waals surface area contributed by atoms with Crippen molar-refractivity contribution < 1.29 is 9.59 Å². The van der Waals surface area contributed by atoms with E-state index in [2.05, 4.69) is 39.0 Å². The van der Waals surface area contributed by atoms with Crippen molar-refractivity contribution in [2.45, 2.75) is 52.0 Å². The van der Waals surface area contributed by atoms with E-state index in [9.17, 15) is 9.59 Å². The van der Waals surface area contributed by atoms with Gasteiger partial charge in [0.05, 0.1) is 5.92 Å². The van der Waals surface area contributed by atoms with E-state index in [1.54, 1.807) is 0 Å². The smallest absolute Gasteiger partial charge is 0.226 e. The SMILES string of the molecule is Cc1ccc([C@@H]2C[C@@H]2C(=O)N2C[C@@H](C(N)=O)CC[C@H]2C)cc1C. The minimum Gasteiger partial charge on any atom is -0.369 e. The van der Waals surface area contributed by atoms with Crippen LogP contribution in [-0.4, -0.2) is 29.3 Å². The van der Waals surface area contributed by atoms with Crippen molar-refractivity contribution in [3.63, 3.8) is 0 Å². The topological polar surface area (TPSA) is 63.4 Å². The molecule has 1 heterocycles. The largest absolute Gasteiger partial charge is 0.369 e. The summed E-state index contributed by atoms with van der Waals surface area (Å²) in [7, 11) is 0. The van der Waals surface area contributed by atoms with Gasteiger partial charge in [-0.1, -0.05) is 18.2 Å². The molecule has 3 rings (SSSR count). The van der Waals surface area contributed by atoms with E-state index >= 15 is 0 Å². The maximum absolute atomic E-state index is 12.8. The van der Waals surface area contributed by atoms with E-state index < -0.39 is 0 Å². The Kier molecular flexibility index (Phi) is 4.17. The Balaban J connectivity index is 1.69. The number of hydrogen-bond acceptors (Lipinski definition) is 2. The molecule has 2 amide bonds. The first-order chi connectivity index (χ1) is 10.9. The van der Waals surface area contributed by atoms with Crippen LogP contribution in [-0.2, 0) is 9.59 Å². The molecule has 1 aliphatic heterocycles. The summed E-state index contributed by atoms with van der Waals surface area (Å²) in [5.74, 6) is 0.144. The fraction of sp³-hybridized carbons (Fsp3) is 0.579. The molecule has 1 saturated heterocycles. The van der Waals surface area contributed by atoms with E-state index in [0.29, 0.717) is 12.5 Å². The minimum atomic E-state index is -0.281. The monoisotopic (exact) mass is 314 g/mol. The summed E-state index contributed by atoms with van der Waals surface area (Å²) in [5.41, 5.74) is 9.27. The Labute approximate surface area is 138 Å². The summed E-state index contributed by atoms with van der Waals surface area (Å²) in [6.45, 7) is 6.78. The molecule has 4 heteroatoms. The van der Waals surface area contributed by atoms with Crippen molar-refractivity contribution in [2.24, 2.45) is 17.6 Å². The average Bonchev–Trinajstić information content (AvgIpc) is 3.30. The van der Waals surface area contributed by atoms with Crippen molar-refractivity contribution in [2.75, 3.05) is 6.54 Å². The molecule has 0 unspecified atom stereocenters. The molecule has 1 aromatic carbocycles. The van der Waals surface area contributed by atoms with E-state index in [0.717, 1.165) is 19.3 Å². The summed E-state index contributed by atoms with van der Waals surface area (Å²) in [4.78, 5) is 26.2. The second-order valence-electron chi connectivity index (χ2n) is 7.31. The fourth-order valence-corrected chi connectivity index (χ4v) is 3.69. The van der Waals surface area contributed by atoms with E-state index in [-0.39, 0.29) is 29.7 Å². The molecule has 1 aliphatic carbocycles. The van der Waals surface area contributed by atoms with Gasteiger partial charge in [-0.15, -0.1) is 0 Å². The summed E-state index contributed by atoms with van der Waals surface area (Å²) in [6, 6.07) is 6.70. The quantitative estimate of drug-likeness (QED) is 0.932. The van der Waals surface area contributed by atoms with Gasteiger partial charge in [-0.3, -0.25) is 9.59 Å². The van der Waals surface area contributed by atoms with Crippen LogP contribution in [0.1, 0.15) is 48.8 Å². The van der Waals surface area contributed by atoms with Crippen molar-refractivity contribution >= 4 is 11.8 Å². The Morgan fingerprint density at radius 2 is 1.91 bits per heavy atom. The molecule has 0 bridgehead atoms. The van der Waals surface area contributed by atoms with Crippen LogP contribution in [0.5, 0.6) is 0 Å². The van der Waals surface area contributed by atoms with Gasteiger partial charge in [0, 0.05) is 18.5 Å². The van der Waals surface area contributed by atoms with Gasteiger partial charge in [0.2, 0.25) is 11.8 Å². The lowest BCUT2D eigenvalue weighted by molar-refractivity contribution is -0.138. The van der Waals surface area contributed by atoms with Gasteiger partial charge in [-0.25, -0.2) is 0 Å². The highest BCUT2D eigenvalue weighted by Crippen LogP contribution is 2.49. The third-order valence-corrected chi connectivity index (χ3v) is 5.63. The summed E-state index contributed by atoms with van der Waals surface area (Å²) in [5, 5.41) is 0. The first-order valence-corrected chi connectivity index (χ1v) is 8.55. The number of primary amides is 1. The number of nitrogens with two attached hydrogens (primary N) is 1. The average molecular weight is 314 g/mol. The normalized spacial score (nSPS) is 30.1. The van der Waals surface area contributed by atoms with Crippen LogP contribution < -0.4 is 5.73 Å². The van der Waals surface area contributed by atoms with Crippen LogP contribution in [0.4, 0.5) is 0 Å². The number of amides is 2. The van der Waals surface area contributed by atoms with Gasteiger partial charge >= 0.3 is 0 Å². The number of likely N-dealkylation sites (tertiary alicyclic amines) is 1. The van der Waals surface area contributed by atoms with Gasteiger partial charge in [0.15, 0.2) is 0 Å². The zero-order valence-electron chi connectivity index (χ0n) is 14.2. The predicted molar refractivity (Wildman–Crippen MR) is 89.9 cm³/mol. The van der Waals surface area contributed by atoms with Crippen LogP contribution in [0.25, 0.3) is 0 Å². The predicted octanol–water partition coefficient (Wildman–Crippen LogP) is 2.52. The van der Waals surface area contributed by atoms with Crippen LogP contribution in [0, 0.1) is 25.7 Å². The maximum Gasteiger partial charge on any atom is 0.226 e. The molecule has 1 aromatic rings. The lowest BCUT2D eigenvalue weighted by Gasteiger charge is -2.37. The summed E-state index contributed by atoms with van der Waals surface area (Å²) in [6.07, 6.45) is 2.58. The van der Waals surface area contributed by atoms with E-state index in [1.165, 1.54) is 16.7 Å². The first-order valence-electron chi connectivity index (χ1n) is 8.55. The number of rotatable bonds is 3. The third-order valence-electron chi connectivity index (χ3n) is 5.63. The minimum absolute atomic E-state index is 0.0752. The second-order valence-corrected chi connectivity index (χ2v) is 7.31. The fourth-order valence-electron chi connectivity index (χ4n) is 3.69. The number of benzene rings is 1. The number of aryl methyl sites for hydroxylation is 2. The second kappa shape index (κ2) is 5.99. The zero-order valence-corrected chi connectivity index (χ0v) is 14.2. The van der Waals surface area contributed by atoms with Crippen molar-refractivity contribution in [3.05, 3.63) is 34.9 Å². The summed E-state index contributed by atoms with van der Waals surface area (Å²) < 4.78 is 0. The highest BCUT2D eigenvalue weighted by atomic mass is 16.2. The molecule has 2 N–H and O–H groups in total. The van der Waals surface area contributed by atoms with Gasteiger partial charge in [-0.2, -0.15) is 0 Å². The molecule has 0 spiro atoms. The van der Waals surface area contributed by atoms with Crippen LogP contribution >= 0.6 is 0 Å². The van der Waals surface area contributed by atoms with Gasteiger partial charge in [0.1, 0.15) is 0 Å². The Morgan fingerprint density at radius 1 is 1.17 bits per heavy atom. The van der Waals surface area contributed by atoms with Crippen molar-refractivity contribution in [1.82, 2.24) is 4.90 Å². The van der Waals surface area contributed by atoms with E-state index in [1.807, 2.05) is 4.90 Å². The van der Waals surface area contributed by atoms with Crippen LogP contribution in [0.3, 0.4) is 0 Å². The lowest BCUT2D eigenvalue weighted by atomic mass is 9.92. The standard InChI is InChI=1S/C19H26N2O2/c1-11-4-6-14(8-12(11)2)16-9-17(16)19(23)21-10-15(18(20)22)7-5-13(21)3/h4,6,8,13,15-17H,5,7,9-10H2,1-3H3,(H2,20,22)/t13-,15+,16+,17+/m1/s1. The van der Waals surface area contributed by atoms with Crippen LogP contribution in [0.2, 0.25) is 0 Å². The van der Waals surface area contributed by atoms with Crippen molar-refractivity contribution in [1.29, 1.82) is 0 Å². The Hall–Kier alpha value is -1.84. The van der Waals surface area contributed by atoms with Crippen LogP contribution in [0.15, 0.2) is 18.2 Å². The molecular formula is C19H26N2O2. The van der Waals surface area contributed by atoms with Crippen molar-refractivity contribution in [3.8, 4) is 0 Å². The molecule has 23 heavy (non-hydrogen) atoms. The maximum atomic E-state index is 12.8. The highest BCUT2D eigenvalue weighted by molar-refractivity contribution is 5.84. The molecular weight excluding hydrogens is 288 g/mol. The number of piperidine rings is 1. The molecule has 1 saturated carbocycles. The molecule has 0 aromatic heterocycles. The Bertz CT molecular complexity index is 640. The molecule has 0 radical (unpaired) electrons. The summed E-state index contributed by atoms with van der Waals surface area (Å²) >= 11 is 0. The first kappa shape index (κ1) is 16.0. The number of carbonyl (C=O) groups excluding carboxylic acids is 2. The van der Waals surface area contributed by atoms with Gasteiger partial charge < -0.3 is 10.6 Å². The zero-order chi connectivity index (χ0) is 16.7. The number of nitrogens with zero attached hydrogens (tertiary/aromatic N) is 1. The number of hydrogen-bond donors (Lipinski definition) is 1.